The molecule has 0 radical (unpaired) electrons. The van der Waals surface area contributed by atoms with Crippen LogP contribution in [-0.2, 0) is 11.2 Å². The molecule has 0 saturated heterocycles. The summed E-state index contributed by atoms with van der Waals surface area (Å²) in [5.41, 5.74) is 1.36. The molecule has 3 rings (SSSR count). The highest BCUT2D eigenvalue weighted by atomic mass is 35.5. The second-order valence-corrected chi connectivity index (χ2v) is 5.88. The summed E-state index contributed by atoms with van der Waals surface area (Å²) >= 11 is 11.9. The number of benzene rings is 2. The van der Waals surface area contributed by atoms with Crippen LogP contribution in [0.4, 0.5) is 5.69 Å². The molecule has 0 aliphatic heterocycles. The van der Waals surface area contributed by atoms with Crippen molar-refractivity contribution in [2.75, 3.05) is 5.32 Å². The lowest BCUT2D eigenvalue weighted by molar-refractivity contribution is -0.116. The van der Waals surface area contributed by atoms with E-state index in [1.165, 1.54) is 0 Å². The molecule has 122 valence electrons. The number of aryl methyl sites for hydroxylation is 1. The number of carbonyl (C=O) groups excluding carboxylic acids is 1. The largest absolute Gasteiger partial charge is 0.421 e. The van der Waals surface area contributed by atoms with Crippen molar-refractivity contribution in [2.45, 2.75) is 12.8 Å². The van der Waals surface area contributed by atoms with Crippen LogP contribution in [0.2, 0.25) is 10.0 Å². The highest BCUT2D eigenvalue weighted by Gasteiger charge is 2.12. The van der Waals surface area contributed by atoms with Crippen molar-refractivity contribution in [3.8, 4) is 11.5 Å². The first-order chi connectivity index (χ1) is 11.6. The topological polar surface area (TPSA) is 68.0 Å². The van der Waals surface area contributed by atoms with Crippen molar-refractivity contribution in [1.29, 1.82) is 0 Å². The minimum Gasteiger partial charge on any atom is -0.421 e. The number of halogens is 2. The number of aromatic nitrogens is 2. The molecule has 0 atom stereocenters. The predicted molar refractivity (Wildman–Crippen MR) is 93.1 cm³/mol. The molecule has 1 N–H and O–H groups in total. The lowest BCUT2D eigenvalue weighted by atomic mass is 10.2. The molecule has 2 aromatic carbocycles. The van der Waals surface area contributed by atoms with Gasteiger partial charge in [0.05, 0.1) is 10.6 Å². The molecular weight excluding hydrogens is 349 g/mol. The molecular formula is C17H13Cl2N3O2. The monoisotopic (exact) mass is 361 g/mol. The van der Waals surface area contributed by atoms with E-state index >= 15 is 0 Å². The second kappa shape index (κ2) is 7.47. The van der Waals surface area contributed by atoms with Crippen LogP contribution >= 0.6 is 23.2 Å². The van der Waals surface area contributed by atoms with Gasteiger partial charge in [0, 0.05) is 23.6 Å². The van der Waals surface area contributed by atoms with Crippen molar-refractivity contribution in [3.63, 3.8) is 0 Å². The van der Waals surface area contributed by atoms with E-state index < -0.39 is 0 Å². The van der Waals surface area contributed by atoms with Gasteiger partial charge in [-0.1, -0.05) is 35.3 Å². The number of hydrogen-bond acceptors (Lipinski definition) is 4. The lowest BCUT2D eigenvalue weighted by Crippen LogP contribution is -2.12. The molecule has 0 unspecified atom stereocenters. The van der Waals surface area contributed by atoms with E-state index in [1.54, 1.807) is 36.4 Å². The summed E-state index contributed by atoms with van der Waals surface area (Å²) in [6.45, 7) is 0. The Kier molecular flexibility index (Phi) is 5.13. The Morgan fingerprint density at radius 2 is 1.79 bits per heavy atom. The first-order valence-electron chi connectivity index (χ1n) is 7.24. The van der Waals surface area contributed by atoms with Gasteiger partial charge >= 0.3 is 0 Å². The first kappa shape index (κ1) is 16.5. The van der Waals surface area contributed by atoms with Crippen LogP contribution in [0.3, 0.4) is 0 Å². The molecule has 0 bridgehead atoms. The average Bonchev–Trinajstić information content (AvgIpc) is 3.04. The Morgan fingerprint density at radius 1 is 1.04 bits per heavy atom. The average molecular weight is 362 g/mol. The SMILES string of the molecule is O=C(CCc1nnc(-c2ccccc2Cl)o1)Nc1ccc(Cl)cc1. The van der Waals surface area contributed by atoms with Gasteiger partial charge in [-0.3, -0.25) is 4.79 Å². The number of rotatable bonds is 5. The van der Waals surface area contributed by atoms with Gasteiger partial charge in [0.2, 0.25) is 17.7 Å². The van der Waals surface area contributed by atoms with Crippen LogP contribution < -0.4 is 5.32 Å². The summed E-state index contributed by atoms with van der Waals surface area (Å²) in [5.74, 6) is 0.583. The van der Waals surface area contributed by atoms with Gasteiger partial charge in [0.1, 0.15) is 0 Å². The van der Waals surface area contributed by atoms with Crippen LogP contribution in [0, 0.1) is 0 Å². The zero-order valence-corrected chi connectivity index (χ0v) is 14.0. The van der Waals surface area contributed by atoms with Gasteiger partial charge in [-0.25, -0.2) is 0 Å². The third kappa shape index (κ3) is 4.13. The number of nitrogens with one attached hydrogen (secondary N) is 1. The number of nitrogens with zero attached hydrogens (tertiary/aromatic N) is 2. The van der Waals surface area contributed by atoms with Crippen molar-refractivity contribution in [2.24, 2.45) is 0 Å². The van der Waals surface area contributed by atoms with E-state index in [-0.39, 0.29) is 12.3 Å². The van der Waals surface area contributed by atoms with Gasteiger partial charge in [0.25, 0.3) is 0 Å². The summed E-state index contributed by atoms with van der Waals surface area (Å²) in [6, 6.07) is 14.1. The van der Waals surface area contributed by atoms with Crippen molar-refractivity contribution >= 4 is 34.8 Å². The molecule has 0 aliphatic carbocycles. The van der Waals surface area contributed by atoms with Gasteiger partial charge in [0.15, 0.2) is 0 Å². The van der Waals surface area contributed by atoms with Crippen LogP contribution in [0.25, 0.3) is 11.5 Å². The molecule has 1 amide bonds. The van der Waals surface area contributed by atoms with Gasteiger partial charge in [-0.2, -0.15) is 0 Å². The quantitative estimate of drug-likeness (QED) is 0.719. The standard InChI is InChI=1S/C17H13Cl2N3O2/c18-11-5-7-12(8-6-11)20-15(23)9-10-16-21-22-17(24-16)13-3-1-2-4-14(13)19/h1-8H,9-10H2,(H,20,23). The summed E-state index contributed by atoms with van der Waals surface area (Å²) in [4.78, 5) is 11.9. The van der Waals surface area contributed by atoms with E-state index in [0.717, 1.165) is 0 Å². The zero-order valence-electron chi connectivity index (χ0n) is 12.5. The number of hydrogen-bond donors (Lipinski definition) is 1. The van der Waals surface area contributed by atoms with E-state index in [1.807, 2.05) is 12.1 Å². The molecule has 7 heteroatoms. The number of anilines is 1. The van der Waals surface area contributed by atoms with Gasteiger partial charge < -0.3 is 9.73 Å². The second-order valence-electron chi connectivity index (χ2n) is 5.04. The van der Waals surface area contributed by atoms with E-state index in [2.05, 4.69) is 15.5 Å². The number of carbonyl (C=O) groups is 1. The van der Waals surface area contributed by atoms with Crippen LogP contribution in [0.5, 0.6) is 0 Å². The Bertz CT molecular complexity index is 847. The molecule has 0 aliphatic rings. The molecule has 0 fully saturated rings. The Hall–Kier alpha value is -2.37. The highest BCUT2D eigenvalue weighted by molar-refractivity contribution is 6.33. The third-order valence-electron chi connectivity index (χ3n) is 3.27. The van der Waals surface area contributed by atoms with Crippen LogP contribution in [-0.4, -0.2) is 16.1 Å². The molecule has 0 saturated carbocycles. The highest BCUT2D eigenvalue weighted by Crippen LogP contribution is 2.26. The fourth-order valence-corrected chi connectivity index (χ4v) is 2.42. The fourth-order valence-electron chi connectivity index (χ4n) is 2.08. The predicted octanol–water partition coefficient (Wildman–Crippen LogP) is 4.61. The minimum atomic E-state index is -0.144. The van der Waals surface area contributed by atoms with Crippen LogP contribution in [0.1, 0.15) is 12.3 Å². The minimum absolute atomic E-state index is 0.144. The molecule has 1 aromatic heterocycles. The molecule has 3 aromatic rings. The maximum Gasteiger partial charge on any atom is 0.249 e. The van der Waals surface area contributed by atoms with Crippen molar-refractivity contribution < 1.29 is 9.21 Å². The summed E-state index contributed by atoms with van der Waals surface area (Å²) < 4.78 is 5.56. The summed E-state index contributed by atoms with van der Waals surface area (Å²) in [5, 5.41) is 11.9. The van der Waals surface area contributed by atoms with Crippen LogP contribution in [0.15, 0.2) is 52.9 Å². The Labute approximate surface area is 148 Å². The van der Waals surface area contributed by atoms with Crippen molar-refractivity contribution in [3.05, 3.63) is 64.5 Å². The van der Waals surface area contributed by atoms with E-state index in [4.69, 9.17) is 27.6 Å². The van der Waals surface area contributed by atoms with E-state index in [0.29, 0.717) is 39.5 Å². The smallest absolute Gasteiger partial charge is 0.249 e. The molecule has 0 spiro atoms. The maximum atomic E-state index is 11.9. The first-order valence-corrected chi connectivity index (χ1v) is 8.00. The molecule has 1 heterocycles. The normalized spacial score (nSPS) is 10.6. The van der Waals surface area contributed by atoms with Crippen molar-refractivity contribution in [1.82, 2.24) is 10.2 Å². The summed E-state index contributed by atoms with van der Waals surface area (Å²) in [6.07, 6.45) is 0.573. The number of amides is 1. The molecule has 24 heavy (non-hydrogen) atoms. The molecule has 5 nitrogen and oxygen atoms in total. The summed E-state index contributed by atoms with van der Waals surface area (Å²) in [7, 11) is 0. The maximum absolute atomic E-state index is 11.9. The Balaban J connectivity index is 1.58. The van der Waals surface area contributed by atoms with Gasteiger partial charge in [-0.15, -0.1) is 10.2 Å². The van der Waals surface area contributed by atoms with E-state index in [9.17, 15) is 4.79 Å². The lowest BCUT2D eigenvalue weighted by Gasteiger charge is -2.03. The zero-order chi connectivity index (χ0) is 16.9. The fraction of sp³-hybridized carbons (Fsp3) is 0.118. The Morgan fingerprint density at radius 3 is 2.54 bits per heavy atom. The third-order valence-corrected chi connectivity index (χ3v) is 3.85. The van der Waals surface area contributed by atoms with Gasteiger partial charge in [-0.05, 0) is 36.4 Å².